The zero-order valence-corrected chi connectivity index (χ0v) is 8.89. The molecule has 0 heterocycles. The molecule has 4 nitrogen and oxygen atoms in total. The lowest BCUT2D eigenvalue weighted by Crippen LogP contribution is -2.17. The normalized spacial score (nSPS) is 20.2. The van der Waals surface area contributed by atoms with Crippen LogP contribution in [0.5, 0.6) is 0 Å². The maximum atomic E-state index is 11.2. The van der Waals surface area contributed by atoms with Crippen molar-refractivity contribution < 1.29 is 19.4 Å². The largest absolute Gasteiger partial charge is 0.478 e. The number of carboxylic acid groups (broad SMARTS) is 1. The number of esters is 1. The van der Waals surface area contributed by atoms with E-state index in [1.54, 1.807) is 6.08 Å². The highest BCUT2D eigenvalue weighted by Gasteiger charge is 2.15. The van der Waals surface area contributed by atoms with E-state index in [1.165, 1.54) is 0 Å². The van der Waals surface area contributed by atoms with E-state index in [0.29, 0.717) is 0 Å². The molecule has 0 aliphatic heterocycles. The molecule has 1 aliphatic carbocycles. The van der Waals surface area contributed by atoms with Crippen molar-refractivity contribution in [1.29, 1.82) is 0 Å². The molecule has 0 radical (unpaired) electrons. The summed E-state index contributed by atoms with van der Waals surface area (Å²) in [6.45, 7) is 3.66. The molecule has 0 aromatic rings. The van der Waals surface area contributed by atoms with Gasteiger partial charge in [0, 0.05) is 12.2 Å². The van der Waals surface area contributed by atoms with Gasteiger partial charge in [0.05, 0.1) is 0 Å². The predicted molar refractivity (Wildman–Crippen MR) is 58.8 cm³/mol. The molecule has 4 heteroatoms. The van der Waals surface area contributed by atoms with Crippen LogP contribution in [0.3, 0.4) is 0 Å². The van der Waals surface area contributed by atoms with Gasteiger partial charge in [-0.3, -0.25) is 0 Å². The van der Waals surface area contributed by atoms with Crippen molar-refractivity contribution in [2.24, 2.45) is 0 Å². The molecule has 1 atom stereocenters. The van der Waals surface area contributed by atoms with Gasteiger partial charge >= 0.3 is 11.9 Å². The Bertz CT molecular complexity index is 352. The van der Waals surface area contributed by atoms with Crippen molar-refractivity contribution in [3.05, 3.63) is 36.5 Å². The zero-order valence-electron chi connectivity index (χ0n) is 8.89. The lowest BCUT2D eigenvalue weighted by Gasteiger charge is -2.19. The molecule has 0 saturated carbocycles. The van der Waals surface area contributed by atoms with Gasteiger partial charge in [0.2, 0.25) is 0 Å². The van der Waals surface area contributed by atoms with Crippen LogP contribution in [-0.4, -0.2) is 23.1 Å². The number of ether oxygens (including phenoxy) is 1. The molecule has 0 fully saturated rings. The SMILES string of the molecule is C=CC1=CC(OC(=O)/C=C\C(=O)O)CCC1. The third-order valence-electron chi connectivity index (χ3n) is 2.25. The van der Waals surface area contributed by atoms with E-state index in [-0.39, 0.29) is 6.10 Å². The van der Waals surface area contributed by atoms with Gasteiger partial charge in [0.25, 0.3) is 0 Å². The van der Waals surface area contributed by atoms with E-state index < -0.39 is 11.9 Å². The van der Waals surface area contributed by atoms with Crippen LogP contribution in [0.15, 0.2) is 36.5 Å². The summed E-state index contributed by atoms with van der Waals surface area (Å²) < 4.78 is 5.06. The van der Waals surface area contributed by atoms with Crippen molar-refractivity contribution in [2.75, 3.05) is 0 Å². The average Bonchev–Trinajstić information content (AvgIpc) is 2.26. The van der Waals surface area contributed by atoms with Gasteiger partial charge in [-0.05, 0) is 30.9 Å². The molecule has 1 N–H and O–H groups in total. The molecule has 0 bridgehead atoms. The molecule has 0 amide bonds. The van der Waals surface area contributed by atoms with Crippen LogP contribution < -0.4 is 0 Å². The third-order valence-corrected chi connectivity index (χ3v) is 2.25. The van der Waals surface area contributed by atoms with Crippen molar-refractivity contribution in [1.82, 2.24) is 0 Å². The Morgan fingerprint density at radius 1 is 1.50 bits per heavy atom. The molecule has 86 valence electrons. The van der Waals surface area contributed by atoms with Crippen LogP contribution >= 0.6 is 0 Å². The van der Waals surface area contributed by atoms with Gasteiger partial charge in [0.1, 0.15) is 6.10 Å². The van der Waals surface area contributed by atoms with Crippen molar-refractivity contribution in [3.63, 3.8) is 0 Å². The first-order valence-electron chi connectivity index (χ1n) is 5.06. The second-order valence-electron chi connectivity index (χ2n) is 3.48. The van der Waals surface area contributed by atoms with E-state index in [4.69, 9.17) is 9.84 Å². The van der Waals surface area contributed by atoms with Crippen LogP contribution in [0.1, 0.15) is 19.3 Å². The van der Waals surface area contributed by atoms with Gasteiger partial charge in [-0.25, -0.2) is 9.59 Å². The average molecular weight is 222 g/mol. The summed E-state index contributed by atoms with van der Waals surface area (Å²) in [5, 5.41) is 8.33. The first-order valence-corrected chi connectivity index (χ1v) is 5.06. The maximum absolute atomic E-state index is 11.2. The minimum Gasteiger partial charge on any atom is -0.478 e. The van der Waals surface area contributed by atoms with Crippen LogP contribution in [-0.2, 0) is 14.3 Å². The van der Waals surface area contributed by atoms with E-state index in [0.717, 1.165) is 37.0 Å². The molecule has 1 aliphatic rings. The fraction of sp³-hybridized carbons (Fsp3) is 0.333. The smallest absolute Gasteiger partial charge is 0.331 e. The molecule has 0 saturated heterocycles. The first kappa shape index (κ1) is 12.2. The number of hydrogen-bond acceptors (Lipinski definition) is 3. The van der Waals surface area contributed by atoms with E-state index in [1.807, 2.05) is 6.08 Å². The first-order chi connectivity index (χ1) is 7.61. The van der Waals surface area contributed by atoms with Crippen LogP contribution in [0.2, 0.25) is 0 Å². The molecule has 1 unspecified atom stereocenters. The molecule has 0 aromatic carbocycles. The standard InChI is InChI=1S/C12H14O4/c1-2-9-4-3-5-10(8-9)16-12(15)7-6-11(13)14/h2,6-8,10H,1,3-5H2,(H,13,14)/b7-6-. The Balaban J connectivity index is 2.51. The van der Waals surface area contributed by atoms with Crippen molar-refractivity contribution in [3.8, 4) is 0 Å². The topological polar surface area (TPSA) is 63.6 Å². The number of allylic oxidation sites excluding steroid dienone is 2. The Morgan fingerprint density at radius 2 is 2.25 bits per heavy atom. The van der Waals surface area contributed by atoms with E-state index in [2.05, 4.69) is 6.58 Å². The number of aliphatic carboxylic acids is 1. The zero-order chi connectivity index (χ0) is 12.0. The molecular weight excluding hydrogens is 208 g/mol. The van der Waals surface area contributed by atoms with Crippen molar-refractivity contribution in [2.45, 2.75) is 25.4 Å². The van der Waals surface area contributed by atoms with E-state index in [9.17, 15) is 9.59 Å². The number of hydrogen-bond donors (Lipinski definition) is 1. The lowest BCUT2D eigenvalue weighted by atomic mass is 9.97. The highest BCUT2D eigenvalue weighted by Crippen LogP contribution is 2.20. The highest BCUT2D eigenvalue weighted by atomic mass is 16.5. The van der Waals surface area contributed by atoms with Crippen molar-refractivity contribution >= 4 is 11.9 Å². The third kappa shape index (κ3) is 4.13. The number of carbonyl (C=O) groups excluding carboxylic acids is 1. The van der Waals surface area contributed by atoms with Gasteiger partial charge < -0.3 is 9.84 Å². The molecule has 0 spiro atoms. The Morgan fingerprint density at radius 3 is 2.88 bits per heavy atom. The summed E-state index contributed by atoms with van der Waals surface area (Å²) in [5.41, 5.74) is 1.06. The fourth-order valence-electron chi connectivity index (χ4n) is 1.50. The van der Waals surface area contributed by atoms with E-state index >= 15 is 0 Å². The fourth-order valence-corrected chi connectivity index (χ4v) is 1.50. The summed E-state index contributed by atoms with van der Waals surface area (Å²) in [6.07, 6.45) is 7.66. The monoisotopic (exact) mass is 222 g/mol. The van der Waals surface area contributed by atoms with Crippen LogP contribution in [0.25, 0.3) is 0 Å². The minimum absolute atomic E-state index is 0.271. The summed E-state index contributed by atoms with van der Waals surface area (Å²) in [6, 6.07) is 0. The Labute approximate surface area is 93.9 Å². The summed E-state index contributed by atoms with van der Waals surface area (Å²) in [4.78, 5) is 21.4. The van der Waals surface area contributed by atoms with Gasteiger partial charge in [0.15, 0.2) is 0 Å². The predicted octanol–water partition coefficient (Wildman–Crippen LogP) is 1.84. The molecule has 16 heavy (non-hydrogen) atoms. The Kier molecular flexibility index (Phi) is 4.51. The minimum atomic E-state index is -1.16. The van der Waals surface area contributed by atoms with Crippen LogP contribution in [0.4, 0.5) is 0 Å². The lowest BCUT2D eigenvalue weighted by molar-refractivity contribution is -0.142. The number of carboxylic acids is 1. The van der Waals surface area contributed by atoms with Gasteiger partial charge in [-0.2, -0.15) is 0 Å². The second kappa shape index (κ2) is 5.90. The molecule has 0 aromatic heterocycles. The summed E-state index contributed by atoms with van der Waals surface area (Å²) in [5.74, 6) is -1.79. The number of carbonyl (C=O) groups is 2. The van der Waals surface area contributed by atoms with Crippen LogP contribution in [0, 0.1) is 0 Å². The van der Waals surface area contributed by atoms with Gasteiger partial charge in [-0.1, -0.05) is 12.7 Å². The quantitative estimate of drug-likeness (QED) is 0.582. The summed E-state index contributed by atoms with van der Waals surface area (Å²) in [7, 11) is 0. The maximum Gasteiger partial charge on any atom is 0.331 e. The Hall–Kier alpha value is -1.84. The summed E-state index contributed by atoms with van der Waals surface area (Å²) >= 11 is 0. The van der Waals surface area contributed by atoms with Gasteiger partial charge in [-0.15, -0.1) is 0 Å². The number of rotatable bonds is 4. The molecular formula is C12H14O4. The second-order valence-corrected chi connectivity index (χ2v) is 3.48. The molecule has 1 rings (SSSR count). The highest BCUT2D eigenvalue weighted by molar-refractivity contribution is 5.90.